The zero-order chi connectivity index (χ0) is 32.0. The topological polar surface area (TPSA) is 116 Å². The summed E-state index contributed by atoms with van der Waals surface area (Å²) in [5.41, 5.74) is 5.64. The van der Waals surface area contributed by atoms with E-state index in [1.165, 1.54) is 0 Å². The second-order valence-electron chi connectivity index (χ2n) is 14.0. The number of nitrogens with zero attached hydrogens (tertiary/aromatic N) is 3. The lowest BCUT2D eigenvalue weighted by atomic mass is 9.71. The molecule has 1 aliphatic heterocycles. The molecule has 4 atom stereocenters. The summed E-state index contributed by atoms with van der Waals surface area (Å²) in [6.45, 7) is 17.3. The molecule has 2 rings (SSSR count). The summed E-state index contributed by atoms with van der Waals surface area (Å²) in [6.07, 6.45) is 1.99. The van der Waals surface area contributed by atoms with E-state index in [0.29, 0.717) is 25.9 Å². The van der Waals surface area contributed by atoms with Crippen LogP contribution in [0.3, 0.4) is 0 Å². The molecule has 0 bridgehead atoms. The van der Waals surface area contributed by atoms with Gasteiger partial charge in [-0.1, -0.05) is 85.7 Å². The van der Waals surface area contributed by atoms with Crippen LogP contribution in [0, 0.1) is 17.3 Å². The molecular weight excluding hydrogens is 530 g/mol. The minimum absolute atomic E-state index is 0.0957. The molecule has 0 radical (unpaired) electrons. The van der Waals surface area contributed by atoms with Gasteiger partial charge in [-0.2, -0.15) is 0 Å². The molecule has 9 nitrogen and oxygen atoms in total. The molecule has 1 saturated heterocycles. The molecule has 1 aliphatic rings. The number of nitrogens with one attached hydrogen (secondary N) is 1. The van der Waals surface area contributed by atoms with Crippen LogP contribution in [-0.4, -0.2) is 90.2 Å². The molecule has 4 amide bonds. The van der Waals surface area contributed by atoms with Crippen molar-refractivity contribution < 1.29 is 19.2 Å². The van der Waals surface area contributed by atoms with E-state index >= 15 is 0 Å². The van der Waals surface area contributed by atoms with Gasteiger partial charge < -0.3 is 20.9 Å². The number of amides is 4. The molecule has 1 fully saturated rings. The number of primary amides is 1. The highest BCUT2D eigenvalue weighted by Gasteiger charge is 2.42. The lowest BCUT2D eigenvalue weighted by Crippen LogP contribution is -2.59. The van der Waals surface area contributed by atoms with Crippen LogP contribution in [0.15, 0.2) is 30.3 Å². The van der Waals surface area contributed by atoms with E-state index in [2.05, 4.69) is 19.2 Å². The number of nitrogens with two attached hydrogens (primary N) is 1. The van der Waals surface area contributed by atoms with Crippen LogP contribution in [0.1, 0.15) is 80.2 Å². The first kappa shape index (κ1) is 35.3. The largest absolute Gasteiger partial charge is 0.368 e. The Balaban J connectivity index is 2.20. The van der Waals surface area contributed by atoms with Crippen LogP contribution in [-0.2, 0) is 24.6 Å². The third-order valence-corrected chi connectivity index (χ3v) is 8.93. The molecule has 0 unspecified atom stereocenters. The molecular formula is C33H55N5O4. The summed E-state index contributed by atoms with van der Waals surface area (Å²) >= 11 is 0. The first-order chi connectivity index (χ1) is 19.4. The minimum Gasteiger partial charge on any atom is -0.368 e. The monoisotopic (exact) mass is 585 g/mol. The van der Waals surface area contributed by atoms with Crippen LogP contribution < -0.4 is 11.1 Å². The summed E-state index contributed by atoms with van der Waals surface area (Å²) in [5, 5.41) is 3.15. The fourth-order valence-electron chi connectivity index (χ4n) is 6.20. The Kier molecular flexibility index (Phi) is 12.2. The number of likely N-dealkylation sites (N-methyl/N-ethyl adjacent to an activating group) is 2. The van der Waals surface area contributed by atoms with Gasteiger partial charge in [0, 0.05) is 37.5 Å². The van der Waals surface area contributed by atoms with Gasteiger partial charge in [-0.25, -0.2) is 0 Å². The van der Waals surface area contributed by atoms with E-state index < -0.39 is 28.8 Å². The molecule has 1 aromatic carbocycles. The van der Waals surface area contributed by atoms with Gasteiger partial charge in [0.2, 0.25) is 23.6 Å². The van der Waals surface area contributed by atoms with Gasteiger partial charge in [0.05, 0.1) is 6.54 Å². The van der Waals surface area contributed by atoms with Gasteiger partial charge in [0.1, 0.15) is 12.1 Å². The molecule has 0 saturated carbocycles. The highest BCUT2D eigenvalue weighted by Crippen LogP contribution is 2.35. The highest BCUT2D eigenvalue weighted by atomic mass is 16.2. The minimum atomic E-state index is -0.732. The van der Waals surface area contributed by atoms with Gasteiger partial charge >= 0.3 is 0 Å². The van der Waals surface area contributed by atoms with E-state index in [1.54, 1.807) is 16.8 Å². The first-order valence-corrected chi connectivity index (χ1v) is 15.3. The normalized spacial score (nSPS) is 18.1. The first-order valence-electron chi connectivity index (χ1n) is 15.3. The summed E-state index contributed by atoms with van der Waals surface area (Å²) in [5.74, 6) is -1.13. The Morgan fingerprint density at radius 1 is 1.05 bits per heavy atom. The molecule has 1 aromatic rings. The van der Waals surface area contributed by atoms with Crippen LogP contribution >= 0.6 is 0 Å². The molecule has 236 valence electrons. The smallest absolute Gasteiger partial charge is 0.245 e. The van der Waals surface area contributed by atoms with Crippen molar-refractivity contribution in [2.75, 3.05) is 33.7 Å². The van der Waals surface area contributed by atoms with Crippen molar-refractivity contribution in [1.29, 1.82) is 0 Å². The zero-order valence-electron chi connectivity index (χ0n) is 27.6. The number of likely N-dealkylation sites (tertiary alicyclic amines) is 1. The van der Waals surface area contributed by atoms with Crippen LogP contribution in [0.2, 0.25) is 0 Å². The average molecular weight is 586 g/mol. The van der Waals surface area contributed by atoms with Crippen LogP contribution in [0.25, 0.3) is 0 Å². The van der Waals surface area contributed by atoms with Gasteiger partial charge in [-0.15, -0.1) is 0 Å². The maximum Gasteiger partial charge on any atom is 0.245 e. The maximum atomic E-state index is 14.1. The Hall–Kier alpha value is -2.94. The highest BCUT2D eigenvalue weighted by molar-refractivity contribution is 5.90. The number of carbonyl (C=O) groups excluding carboxylic acids is 4. The van der Waals surface area contributed by atoms with Crippen molar-refractivity contribution in [3.05, 3.63) is 35.9 Å². The second-order valence-corrected chi connectivity index (χ2v) is 14.0. The predicted octanol–water partition coefficient (Wildman–Crippen LogP) is 3.41. The van der Waals surface area contributed by atoms with E-state index in [-0.39, 0.29) is 42.1 Å². The summed E-state index contributed by atoms with van der Waals surface area (Å²) in [6, 6.07) is 8.53. The molecule has 0 spiro atoms. The number of hydrogen-bond donors (Lipinski definition) is 2. The molecule has 42 heavy (non-hydrogen) atoms. The van der Waals surface area contributed by atoms with Gasteiger partial charge in [0.15, 0.2) is 0 Å². The fourth-order valence-corrected chi connectivity index (χ4v) is 6.20. The van der Waals surface area contributed by atoms with E-state index in [9.17, 15) is 19.2 Å². The lowest BCUT2D eigenvalue weighted by Gasteiger charge is -2.41. The van der Waals surface area contributed by atoms with Crippen molar-refractivity contribution in [1.82, 2.24) is 20.0 Å². The number of benzene rings is 1. The zero-order valence-corrected chi connectivity index (χ0v) is 27.6. The van der Waals surface area contributed by atoms with Gasteiger partial charge in [-0.3, -0.25) is 24.1 Å². The molecule has 1 heterocycles. The standard InChI is InChI=1S/C33H55N5O4/c1-11-24(33(7,8)23-16-13-12-14-17-23)30(41)35-28(32(4,5)6)31(42)37(10)26(22(2)3)20-36(9)21-27(39)38-19-15-18-25(38)29(34)40/h12-14,16-17,22,24-26,28H,11,15,18-21H2,1-10H3,(H2,34,40)(H,35,41)/t24-,25+,26-,28-/m1/s1. The third-order valence-electron chi connectivity index (χ3n) is 8.93. The van der Waals surface area contributed by atoms with Crippen LogP contribution in [0.5, 0.6) is 0 Å². The maximum absolute atomic E-state index is 14.1. The molecule has 0 aromatic heterocycles. The van der Waals surface area contributed by atoms with Gasteiger partial charge in [-0.05, 0) is 43.2 Å². The second kappa shape index (κ2) is 14.5. The SMILES string of the molecule is CC[C@H](C(=O)N[C@H](C(=O)N(C)[C@H](CN(C)CC(=O)N1CCC[C@H]1C(N)=O)C(C)C)C(C)(C)C)C(C)(C)c1ccccc1. The average Bonchev–Trinajstić information content (AvgIpc) is 3.40. The summed E-state index contributed by atoms with van der Waals surface area (Å²) in [4.78, 5) is 57.9. The summed E-state index contributed by atoms with van der Waals surface area (Å²) in [7, 11) is 3.63. The predicted molar refractivity (Wildman–Crippen MR) is 167 cm³/mol. The quantitative estimate of drug-likeness (QED) is 0.368. The van der Waals surface area contributed by atoms with Gasteiger partial charge in [0.25, 0.3) is 0 Å². The van der Waals surface area contributed by atoms with E-state index in [4.69, 9.17) is 5.73 Å². The number of carbonyl (C=O) groups is 4. The molecule has 0 aliphatic carbocycles. The molecule has 3 N–H and O–H groups in total. The van der Waals surface area contributed by atoms with Crippen molar-refractivity contribution in [2.45, 2.75) is 98.2 Å². The summed E-state index contributed by atoms with van der Waals surface area (Å²) < 4.78 is 0. The van der Waals surface area contributed by atoms with Crippen molar-refractivity contribution >= 4 is 23.6 Å². The Bertz CT molecular complexity index is 1080. The number of rotatable bonds is 13. The van der Waals surface area contributed by atoms with Crippen molar-refractivity contribution in [3.8, 4) is 0 Å². The van der Waals surface area contributed by atoms with Crippen molar-refractivity contribution in [3.63, 3.8) is 0 Å². The van der Waals surface area contributed by atoms with Crippen molar-refractivity contribution in [2.24, 2.45) is 23.0 Å². The Labute approximate surface area is 253 Å². The number of hydrogen-bond acceptors (Lipinski definition) is 5. The fraction of sp³-hybridized carbons (Fsp3) is 0.697. The third kappa shape index (κ3) is 8.55. The van der Waals surface area contributed by atoms with E-state index in [0.717, 1.165) is 12.0 Å². The van der Waals surface area contributed by atoms with Crippen LogP contribution in [0.4, 0.5) is 0 Å². The lowest BCUT2D eigenvalue weighted by molar-refractivity contribution is -0.143. The Morgan fingerprint density at radius 3 is 2.14 bits per heavy atom. The van der Waals surface area contributed by atoms with E-state index in [1.807, 2.05) is 83.8 Å². The Morgan fingerprint density at radius 2 is 1.64 bits per heavy atom. The molecule has 9 heteroatoms.